The lowest BCUT2D eigenvalue weighted by Gasteiger charge is -2.09. The van der Waals surface area contributed by atoms with Gasteiger partial charge < -0.3 is 4.74 Å². The SMILES string of the molecule is CCCCCOc1ccc(C(=O)NN)c(C)c1. The quantitative estimate of drug-likeness (QED) is 0.344. The smallest absolute Gasteiger partial charge is 0.265 e. The van der Waals surface area contributed by atoms with Crippen molar-refractivity contribution in [2.24, 2.45) is 5.84 Å². The summed E-state index contributed by atoms with van der Waals surface area (Å²) >= 11 is 0. The zero-order chi connectivity index (χ0) is 12.7. The molecular formula is C13H20N2O2. The Balaban J connectivity index is 2.59. The van der Waals surface area contributed by atoms with Crippen LogP contribution in [0, 0.1) is 6.92 Å². The number of nitrogens with one attached hydrogen (secondary N) is 1. The number of aryl methyl sites for hydroxylation is 1. The van der Waals surface area contributed by atoms with E-state index in [0.717, 1.165) is 24.3 Å². The third kappa shape index (κ3) is 4.07. The number of nitrogens with two attached hydrogens (primary N) is 1. The van der Waals surface area contributed by atoms with Gasteiger partial charge in [-0.3, -0.25) is 10.2 Å². The van der Waals surface area contributed by atoms with Crippen molar-refractivity contribution in [1.29, 1.82) is 0 Å². The van der Waals surface area contributed by atoms with E-state index < -0.39 is 0 Å². The minimum Gasteiger partial charge on any atom is -0.494 e. The summed E-state index contributed by atoms with van der Waals surface area (Å²) in [5.74, 6) is 5.61. The van der Waals surface area contributed by atoms with Gasteiger partial charge in [0.15, 0.2) is 0 Å². The van der Waals surface area contributed by atoms with Gasteiger partial charge in [-0.15, -0.1) is 0 Å². The molecule has 1 aromatic carbocycles. The highest BCUT2D eigenvalue weighted by Gasteiger charge is 2.07. The van der Waals surface area contributed by atoms with Gasteiger partial charge in [0.2, 0.25) is 0 Å². The average Bonchev–Trinajstić information content (AvgIpc) is 2.34. The molecule has 0 spiro atoms. The maximum absolute atomic E-state index is 11.4. The van der Waals surface area contributed by atoms with Crippen LogP contribution in [0.4, 0.5) is 0 Å². The van der Waals surface area contributed by atoms with Crippen LogP contribution in [0.3, 0.4) is 0 Å². The second kappa shape index (κ2) is 6.91. The first-order valence-electron chi connectivity index (χ1n) is 5.93. The lowest BCUT2D eigenvalue weighted by molar-refractivity contribution is 0.0953. The third-order valence-corrected chi connectivity index (χ3v) is 2.59. The molecule has 0 radical (unpaired) electrons. The first-order valence-corrected chi connectivity index (χ1v) is 5.93. The molecule has 0 aliphatic carbocycles. The fourth-order valence-electron chi connectivity index (χ4n) is 1.60. The number of unbranched alkanes of at least 4 members (excludes halogenated alkanes) is 2. The molecule has 4 heteroatoms. The first kappa shape index (κ1) is 13.5. The number of amides is 1. The maximum Gasteiger partial charge on any atom is 0.265 e. The van der Waals surface area contributed by atoms with Crippen molar-refractivity contribution >= 4 is 5.91 Å². The van der Waals surface area contributed by atoms with Gasteiger partial charge in [-0.1, -0.05) is 19.8 Å². The molecular weight excluding hydrogens is 216 g/mol. The molecule has 0 unspecified atom stereocenters. The Kier molecular flexibility index (Phi) is 5.49. The number of hydrazine groups is 1. The number of carbonyl (C=O) groups excluding carboxylic acids is 1. The molecule has 3 N–H and O–H groups in total. The number of benzene rings is 1. The molecule has 0 aliphatic heterocycles. The number of carbonyl (C=O) groups is 1. The Bertz CT molecular complexity index is 378. The van der Waals surface area contributed by atoms with Crippen LogP contribution in [0.15, 0.2) is 18.2 Å². The molecule has 0 aromatic heterocycles. The van der Waals surface area contributed by atoms with E-state index in [2.05, 4.69) is 12.3 Å². The molecule has 0 aliphatic rings. The van der Waals surface area contributed by atoms with Crippen LogP contribution < -0.4 is 16.0 Å². The molecule has 0 fully saturated rings. The van der Waals surface area contributed by atoms with E-state index in [4.69, 9.17) is 10.6 Å². The molecule has 1 amide bonds. The summed E-state index contributed by atoms with van der Waals surface area (Å²) in [6.07, 6.45) is 3.41. The molecule has 0 heterocycles. The second-order valence-electron chi connectivity index (χ2n) is 4.01. The van der Waals surface area contributed by atoms with Gasteiger partial charge in [0, 0.05) is 5.56 Å². The standard InChI is InChI=1S/C13H20N2O2/c1-3-4-5-8-17-11-6-7-12(10(2)9-11)13(16)15-14/h6-7,9H,3-5,8,14H2,1-2H3,(H,15,16). The van der Waals surface area contributed by atoms with Crippen molar-refractivity contribution in [2.45, 2.75) is 33.1 Å². The lowest BCUT2D eigenvalue weighted by Crippen LogP contribution is -2.30. The van der Waals surface area contributed by atoms with E-state index in [1.807, 2.05) is 13.0 Å². The Morgan fingerprint density at radius 2 is 2.18 bits per heavy atom. The number of nitrogen functional groups attached to an aromatic ring is 1. The zero-order valence-corrected chi connectivity index (χ0v) is 10.5. The van der Waals surface area contributed by atoms with Gasteiger partial charge in [-0.2, -0.15) is 0 Å². The highest BCUT2D eigenvalue weighted by atomic mass is 16.5. The Labute approximate surface area is 102 Å². The summed E-state index contributed by atoms with van der Waals surface area (Å²) in [5, 5.41) is 0. The Morgan fingerprint density at radius 3 is 2.76 bits per heavy atom. The second-order valence-corrected chi connectivity index (χ2v) is 4.01. The van der Waals surface area contributed by atoms with Crippen LogP contribution >= 0.6 is 0 Å². The predicted octanol–water partition coefficient (Wildman–Crippen LogP) is 2.17. The minimum atomic E-state index is -0.278. The van der Waals surface area contributed by atoms with E-state index in [1.54, 1.807) is 12.1 Å². The third-order valence-electron chi connectivity index (χ3n) is 2.59. The van der Waals surface area contributed by atoms with Crippen molar-refractivity contribution in [3.63, 3.8) is 0 Å². The molecule has 4 nitrogen and oxygen atoms in total. The van der Waals surface area contributed by atoms with Crippen LogP contribution in [0.5, 0.6) is 5.75 Å². The normalized spacial score (nSPS) is 10.1. The summed E-state index contributed by atoms with van der Waals surface area (Å²) in [7, 11) is 0. The van der Waals surface area contributed by atoms with Crippen molar-refractivity contribution in [3.05, 3.63) is 29.3 Å². The average molecular weight is 236 g/mol. The Hall–Kier alpha value is -1.55. The molecule has 17 heavy (non-hydrogen) atoms. The topological polar surface area (TPSA) is 64.3 Å². The molecule has 1 aromatic rings. The summed E-state index contributed by atoms with van der Waals surface area (Å²) in [4.78, 5) is 11.4. The molecule has 0 saturated heterocycles. The monoisotopic (exact) mass is 236 g/mol. The number of rotatable bonds is 6. The number of hydrogen-bond acceptors (Lipinski definition) is 3. The van der Waals surface area contributed by atoms with Crippen molar-refractivity contribution in [2.75, 3.05) is 6.61 Å². The highest BCUT2D eigenvalue weighted by Crippen LogP contribution is 2.17. The largest absolute Gasteiger partial charge is 0.494 e. The van der Waals surface area contributed by atoms with Crippen molar-refractivity contribution in [1.82, 2.24) is 5.43 Å². The van der Waals surface area contributed by atoms with Crippen LogP contribution in [0.25, 0.3) is 0 Å². The van der Waals surface area contributed by atoms with Crippen LogP contribution in [-0.4, -0.2) is 12.5 Å². The zero-order valence-electron chi connectivity index (χ0n) is 10.5. The summed E-state index contributed by atoms with van der Waals surface area (Å²) < 4.78 is 5.59. The van der Waals surface area contributed by atoms with Gasteiger partial charge in [-0.05, 0) is 37.1 Å². The van der Waals surface area contributed by atoms with Gasteiger partial charge >= 0.3 is 0 Å². The van der Waals surface area contributed by atoms with E-state index in [9.17, 15) is 4.79 Å². The van der Waals surface area contributed by atoms with Gasteiger partial charge in [-0.25, -0.2) is 5.84 Å². The molecule has 0 bridgehead atoms. The fourth-order valence-corrected chi connectivity index (χ4v) is 1.60. The predicted molar refractivity (Wildman–Crippen MR) is 67.9 cm³/mol. The summed E-state index contributed by atoms with van der Waals surface area (Å²) in [5.41, 5.74) is 3.56. The maximum atomic E-state index is 11.4. The molecule has 0 atom stereocenters. The van der Waals surface area contributed by atoms with Gasteiger partial charge in [0.05, 0.1) is 6.61 Å². The minimum absolute atomic E-state index is 0.278. The summed E-state index contributed by atoms with van der Waals surface area (Å²) in [6, 6.07) is 5.38. The van der Waals surface area contributed by atoms with Crippen LogP contribution in [-0.2, 0) is 0 Å². The molecule has 0 saturated carbocycles. The van der Waals surface area contributed by atoms with E-state index in [1.165, 1.54) is 12.8 Å². The van der Waals surface area contributed by atoms with Crippen LogP contribution in [0.1, 0.15) is 42.1 Å². The highest BCUT2D eigenvalue weighted by molar-refractivity contribution is 5.95. The Morgan fingerprint density at radius 1 is 1.41 bits per heavy atom. The summed E-state index contributed by atoms with van der Waals surface area (Å²) in [6.45, 7) is 4.74. The van der Waals surface area contributed by atoms with E-state index in [-0.39, 0.29) is 5.91 Å². The lowest BCUT2D eigenvalue weighted by atomic mass is 10.1. The van der Waals surface area contributed by atoms with Gasteiger partial charge in [0.25, 0.3) is 5.91 Å². The van der Waals surface area contributed by atoms with E-state index in [0.29, 0.717) is 5.56 Å². The van der Waals surface area contributed by atoms with Crippen molar-refractivity contribution in [3.8, 4) is 5.75 Å². The van der Waals surface area contributed by atoms with Gasteiger partial charge in [0.1, 0.15) is 5.75 Å². The fraction of sp³-hybridized carbons (Fsp3) is 0.462. The van der Waals surface area contributed by atoms with Crippen LogP contribution in [0.2, 0.25) is 0 Å². The molecule has 94 valence electrons. The molecule has 1 rings (SSSR count). The first-order chi connectivity index (χ1) is 8.19. The van der Waals surface area contributed by atoms with Crippen molar-refractivity contribution < 1.29 is 9.53 Å². The number of hydrogen-bond donors (Lipinski definition) is 2. The van der Waals surface area contributed by atoms with E-state index >= 15 is 0 Å². The number of ether oxygens (including phenoxy) is 1.